The lowest BCUT2D eigenvalue weighted by atomic mass is 10.1. The SMILES string of the molecule is Cc1cc(C)c2nc(N3CCNCC3)c3nncn3c2c1. The van der Waals surface area contributed by atoms with Crippen LogP contribution in [0.5, 0.6) is 0 Å². The molecule has 1 N–H and O–H groups in total. The number of benzene rings is 1. The second-order valence-electron chi connectivity index (χ2n) is 5.65. The lowest BCUT2D eigenvalue weighted by molar-refractivity contribution is 0.586. The second kappa shape index (κ2) is 4.66. The van der Waals surface area contributed by atoms with E-state index < -0.39 is 0 Å². The number of rotatable bonds is 1. The molecular formula is C15H18N6. The predicted molar refractivity (Wildman–Crippen MR) is 82.8 cm³/mol. The molecule has 4 rings (SSSR count). The van der Waals surface area contributed by atoms with Crippen LogP contribution in [0.25, 0.3) is 16.7 Å². The Morgan fingerprint density at radius 2 is 1.95 bits per heavy atom. The number of aryl methyl sites for hydroxylation is 2. The average Bonchev–Trinajstić information content (AvgIpc) is 2.97. The smallest absolute Gasteiger partial charge is 0.204 e. The molecule has 3 aromatic rings. The van der Waals surface area contributed by atoms with Crippen molar-refractivity contribution in [2.24, 2.45) is 0 Å². The number of hydrogen-bond acceptors (Lipinski definition) is 5. The molecule has 3 heterocycles. The summed E-state index contributed by atoms with van der Waals surface area (Å²) in [6.45, 7) is 8.07. The number of anilines is 1. The van der Waals surface area contributed by atoms with E-state index in [1.165, 1.54) is 11.1 Å². The van der Waals surface area contributed by atoms with Crippen LogP contribution in [0.15, 0.2) is 18.5 Å². The molecule has 0 saturated carbocycles. The summed E-state index contributed by atoms with van der Waals surface area (Å²) in [7, 11) is 0. The highest BCUT2D eigenvalue weighted by molar-refractivity contribution is 5.85. The summed E-state index contributed by atoms with van der Waals surface area (Å²) in [6, 6.07) is 4.32. The van der Waals surface area contributed by atoms with E-state index in [9.17, 15) is 0 Å². The van der Waals surface area contributed by atoms with Crippen LogP contribution in [0.2, 0.25) is 0 Å². The zero-order valence-electron chi connectivity index (χ0n) is 12.3. The van der Waals surface area contributed by atoms with E-state index in [0.29, 0.717) is 0 Å². The second-order valence-corrected chi connectivity index (χ2v) is 5.65. The molecule has 0 atom stereocenters. The van der Waals surface area contributed by atoms with Gasteiger partial charge in [0.1, 0.15) is 6.33 Å². The Morgan fingerprint density at radius 3 is 2.76 bits per heavy atom. The van der Waals surface area contributed by atoms with Gasteiger partial charge in [0.2, 0.25) is 5.65 Å². The third kappa shape index (κ3) is 1.94. The van der Waals surface area contributed by atoms with Gasteiger partial charge in [-0.25, -0.2) is 4.98 Å². The van der Waals surface area contributed by atoms with Crippen LogP contribution in [0.1, 0.15) is 11.1 Å². The van der Waals surface area contributed by atoms with Gasteiger partial charge in [-0.1, -0.05) is 6.07 Å². The van der Waals surface area contributed by atoms with Crippen molar-refractivity contribution in [1.82, 2.24) is 24.9 Å². The van der Waals surface area contributed by atoms with Crippen molar-refractivity contribution in [1.29, 1.82) is 0 Å². The van der Waals surface area contributed by atoms with Gasteiger partial charge in [-0.15, -0.1) is 10.2 Å². The van der Waals surface area contributed by atoms with Crippen LogP contribution in [-0.2, 0) is 0 Å². The maximum atomic E-state index is 4.91. The fraction of sp³-hybridized carbons (Fsp3) is 0.400. The molecule has 108 valence electrons. The summed E-state index contributed by atoms with van der Waals surface area (Å²) < 4.78 is 2.06. The first-order valence-electron chi connectivity index (χ1n) is 7.30. The van der Waals surface area contributed by atoms with Gasteiger partial charge in [-0.3, -0.25) is 4.40 Å². The highest BCUT2D eigenvalue weighted by Crippen LogP contribution is 2.26. The van der Waals surface area contributed by atoms with Crippen molar-refractivity contribution in [2.75, 3.05) is 31.1 Å². The van der Waals surface area contributed by atoms with Gasteiger partial charge < -0.3 is 10.2 Å². The molecule has 6 heteroatoms. The minimum Gasteiger partial charge on any atom is -0.351 e. The monoisotopic (exact) mass is 282 g/mol. The van der Waals surface area contributed by atoms with Crippen molar-refractivity contribution in [2.45, 2.75) is 13.8 Å². The van der Waals surface area contributed by atoms with E-state index in [1.54, 1.807) is 6.33 Å². The molecule has 0 radical (unpaired) electrons. The predicted octanol–water partition coefficient (Wildman–Crippen LogP) is 1.30. The van der Waals surface area contributed by atoms with Crippen LogP contribution < -0.4 is 10.2 Å². The molecule has 0 bridgehead atoms. The van der Waals surface area contributed by atoms with Gasteiger partial charge in [0.15, 0.2) is 5.82 Å². The summed E-state index contributed by atoms with van der Waals surface area (Å²) >= 11 is 0. The highest BCUT2D eigenvalue weighted by Gasteiger charge is 2.19. The molecule has 6 nitrogen and oxygen atoms in total. The van der Waals surface area contributed by atoms with Gasteiger partial charge in [0.25, 0.3) is 0 Å². The fourth-order valence-corrected chi connectivity index (χ4v) is 3.08. The molecule has 0 aliphatic carbocycles. The van der Waals surface area contributed by atoms with Gasteiger partial charge in [0.05, 0.1) is 11.0 Å². The van der Waals surface area contributed by atoms with Crippen LogP contribution in [0.3, 0.4) is 0 Å². The lowest BCUT2D eigenvalue weighted by Gasteiger charge is -2.28. The number of aromatic nitrogens is 4. The van der Waals surface area contributed by atoms with Crippen molar-refractivity contribution >= 4 is 22.5 Å². The Balaban J connectivity index is 2.03. The molecule has 1 aliphatic heterocycles. The van der Waals surface area contributed by atoms with Gasteiger partial charge >= 0.3 is 0 Å². The summed E-state index contributed by atoms with van der Waals surface area (Å²) in [6.07, 6.45) is 1.78. The van der Waals surface area contributed by atoms with Crippen molar-refractivity contribution in [3.05, 3.63) is 29.6 Å². The van der Waals surface area contributed by atoms with Crippen molar-refractivity contribution < 1.29 is 0 Å². The summed E-state index contributed by atoms with van der Waals surface area (Å²) in [4.78, 5) is 7.21. The zero-order chi connectivity index (χ0) is 14.4. The Bertz CT molecular complexity index is 816. The molecule has 2 aromatic heterocycles. The normalized spacial score (nSPS) is 16.0. The van der Waals surface area contributed by atoms with E-state index in [2.05, 4.69) is 50.8 Å². The number of nitrogens with one attached hydrogen (secondary N) is 1. The quantitative estimate of drug-likeness (QED) is 0.729. The first-order valence-corrected chi connectivity index (χ1v) is 7.30. The molecule has 1 aromatic carbocycles. The van der Waals surface area contributed by atoms with Crippen LogP contribution in [0.4, 0.5) is 5.82 Å². The maximum absolute atomic E-state index is 4.91. The molecule has 0 spiro atoms. The first-order chi connectivity index (χ1) is 10.2. The molecular weight excluding hydrogens is 264 g/mol. The fourth-order valence-electron chi connectivity index (χ4n) is 3.08. The minimum absolute atomic E-state index is 0.842. The molecule has 1 saturated heterocycles. The molecule has 1 aliphatic rings. The van der Waals surface area contributed by atoms with Crippen LogP contribution in [0, 0.1) is 13.8 Å². The Hall–Kier alpha value is -2.21. The summed E-state index contributed by atoms with van der Waals surface area (Å²) in [5.41, 5.74) is 5.37. The van der Waals surface area contributed by atoms with E-state index in [-0.39, 0.29) is 0 Å². The average molecular weight is 282 g/mol. The number of piperazine rings is 1. The Kier molecular flexibility index (Phi) is 2.78. The molecule has 0 amide bonds. The van der Waals surface area contributed by atoms with Crippen molar-refractivity contribution in [3.8, 4) is 0 Å². The third-order valence-corrected chi connectivity index (χ3v) is 4.07. The highest BCUT2D eigenvalue weighted by atomic mass is 15.3. The first kappa shape index (κ1) is 12.5. The molecule has 0 unspecified atom stereocenters. The zero-order valence-corrected chi connectivity index (χ0v) is 12.3. The van der Waals surface area contributed by atoms with E-state index in [1.807, 2.05) is 0 Å². The van der Waals surface area contributed by atoms with E-state index in [0.717, 1.165) is 48.7 Å². The van der Waals surface area contributed by atoms with Crippen LogP contribution in [-0.4, -0.2) is 45.8 Å². The van der Waals surface area contributed by atoms with E-state index >= 15 is 0 Å². The number of nitrogens with zero attached hydrogens (tertiary/aromatic N) is 5. The van der Waals surface area contributed by atoms with Crippen LogP contribution >= 0.6 is 0 Å². The standard InChI is InChI=1S/C15H18N6/c1-10-7-11(2)13-12(8-10)21-9-17-19-15(21)14(18-13)20-5-3-16-4-6-20/h7-9,16H,3-6H2,1-2H3. The Labute approximate surface area is 122 Å². The number of fused-ring (bicyclic) bond motifs is 3. The van der Waals surface area contributed by atoms with E-state index in [4.69, 9.17) is 4.98 Å². The minimum atomic E-state index is 0.842. The third-order valence-electron chi connectivity index (χ3n) is 4.07. The van der Waals surface area contributed by atoms with Gasteiger partial charge in [0, 0.05) is 26.2 Å². The van der Waals surface area contributed by atoms with Gasteiger partial charge in [-0.05, 0) is 31.0 Å². The summed E-state index contributed by atoms with van der Waals surface area (Å²) in [5.74, 6) is 0.938. The largest absolute Gasteiger partial charge is 0.351 e. The maximum Gasteiger partial charge on any atom is 0.204 e. The van der Waals surface area contributed by atoms with Gasteiger partial charge in [-0.2, -0.15) is 0 Å². The summed E-state index contributed by atoms with van der Waals surface area (Å²) in [5, 5.41) is 11.8. The lowest BCUT2D eigenvalue weighted by Crippen LogP contribution is -2.44. The molecule has 1 fully saturated rings. The number of hydrogen-bond donors (Lipinski definition) is 1. The van der Waals surface area contributed by atoms with Crippen molar-refractivity contribution in [3.63, 3.8) is 0 Å². The molecule has 21 heavy (non-hydrogen) atoms. The topological polar surface area (TPSA) is 58.4 Å². The Morgan fingerprint density at radius 1 is 1.14 bits per heavy atom.